The van der Waals surface area contributed by atoms with E-state index in [9.17, 15) is 9.18 Å². The van der Waals surface area contributed by atoms with E-state index in [0.29, 0.717) is 18.9 Å². The van der Waals surface area contributed by atoms with Crippen molar-refractivity contribution in [2.45, 2.75) is 33.0 Å². The van der Waals surface area contributed by atoms with Gasteiger partial charge >= 0.3 is 0 Å². The first-order chi connectivity index (χ1) is 12.6. The number of nitrogens with zero attached hydrogens (tertiary/aromatic N) is 3. The van der Waals surface area contributed by atoms with Crippen molar-refractivity contribution in [3.63, 3.8) is 0 Å². The maximum Gasteiger partial charge on any atom is 0.255 e. The summed E-state index contributed by atoms with van der Waals surface area (Å²) in [5.74, 6) is 0.456. The second-order valence-electron chi connectivity index (χ2n) is 6.79. The topological polar surface area (TPSA) is 53.9 Å². The summed E-state index contributed by atoms with van der Waals surface area (Å²) in [5.41, 5.74) is 3.90. The molecule has 2 aromatic heterocycles. The Balaban J connectivity index is 1.49. The van der Waals surface area contributed by atoms with Crippen molar-refractivity contribution in [3.8, 4) is 0 Å². The maximum atomic E-state index is 13.1. The van der Waals surface area contributed by atoms with Crippen LogP contribution in [0.5, 0.6) is 0 Å². The number of aryl methyl sites for hydroxylation is 1. The number of fused-ring (bicyclic) bond motifs is 1. The van der Waals surface area contributed by atoms with Crippen LogP contribution in [-0.4, -0.2) is 26.0 Å². The SMILES string of the molecule is Cc1nc2c(c(=O)[nH]1)CN(Cc1cccn1Cc1ccc(F)cc1)CC2. The van der Waals surface area contributed by atoms with Gasteiger partial charge in [-0.25, -0.2) is 9.37 Å². The zero-order valence-electron chi connectivity index (χ0n) is 14.7. The van der Waals surface area contributed by atoms with Gasteiger partial charge in [-0.3, -0.25) is 9.69 Å². The molecule has 5 nitrogen and oxygen atoms in total. The van der Waals surface area contributed by atoms with E-state index in [1.54, 1.807) is 0 Å². The number of hydrogen-bond acceptors (Lipinski definition) is 3. The highest BCUT2D eigenvalue weighted by Crippen LogP contribution is 2.17. The molecule has 0 bridgehead atoms. The van der Waals surface area contributed by atoms with Crippen molar-refractivity contribution in [2.24, 2.45) is 0 Å². The molecule has 6 heteroatoms. The Morgan fingerprint density at radius 1 is 1.19 bits per heavy atom. The standard InChI is InChI=1S/C20H21FN4O/c1-14-22-19-8-10-24(13-18(19)20(26)23-14)12-17-3-2-9-25(17)11-15-4-6-16(21)7-5-15/h2-7,9H,8,10-13H2,1H3,(H,22,23,26). The van der Waals surface area contributed by atoms with Gasteiger partial charge in [0.2, 0.25) is 0 Å². The number of aromatic amines is 1. The molecule has 134 valence electrons. The Labute approximate surface area is 151 Å². The van der Waals surface area contributed by atoms with Crippen molar-refractivity contribution in [1.82, 2.24) is 19.4 Å². The number of hydrogen-bond donors (Lipinski definition) is 1. The lowest BCUT2D eigenvalue weighted by atomic mass is 10.1. The van der Waals surface area contributed by atoms with Crippen molar-refractivity contribution in [1.29, 1.82) is 0 Å². The highest BCUT2D eigenvalue weighted by atomic mass is 19.1. The number of rotatable bonds is 4. The van der Waals surface area contributed by atoms with Crippen molar-refractivity contribution in [2.75, 3.05) is 6.54 Å². The third kappa shape index (κ3) is 3.46. The summed E-state index contributed by atoms with van der Waals surface area (Å²) in [6.45, 7) is 4.77. The summed E-state index contributed by atoms with van der Waals surface area (Å²) in [6, 6.07) is 10.7. The molecule has 1 aliphatic rings. The Morgan fingerprint density at radius 2 is 2.00 bits per heavy atom. The van der Waals surface area contributed by atoms with E-state index in [-0.39, 0.29) is 11.4 Å². The normalized spacial score (nSPS) is 14.4. The van der Waals surface area contributed by atoms with Gasteiger partial charge in [-0.2, -0.15) is 0 Å². The molecule has 1 aliphatic heterocycles. The van der Waals surface area contributed by atoms with Crippen LogP contribution in [0.15, 0.2) is 47.4 Å². The van der Waals surface area contributed by atoms with Crippen molar-refractivity contribution < 1.29 is 4.39 Å². The van der Waals surface area contributed by atoms with E-state index in [4.69, 9.17) is 0 Å². The fraction of sp³-hybridized carbons (Fsp3) is 0.300. The second-order valence-corrected chi connectivity index (χ2v) is 6.79. The van der Waals surface area contributed by atoms with Crippen LogP contribution in [0.2, 0.25) is 0 Å². The predicted octanol–water partition coefficient (Wildman–Crippen LogP) is 2.63. The van der Waals surface area contributed by atoms with E-state index in [1.165, 1.54) is 17.8 Å². The molecule has 3 aromatic rings. The van der Waals surface area contributed by atoms with Crippen molar-refractivity contribution in [3.05, 3.63) is 87.1 Å². The molecule has 0 saturated heterocycles. The summed E-state index contributed by atoms with van der Waals surface area (Å²) in [7, 11) is 0. The number of nitrogens with one attached hydrogen (secondary N) is 1. The van der Waals surface area contributed by atoms with Crippen molar-refractivity contribution >= 4 is 0 Å². The van der Waals surface area contributed by atoms with Gasteiger partial charge in [0, 0.05) is 44.5 Å². The first-order valence-corrected chi connectivity index (χ1v) is 8.78. The van der Waals surface area contributed by atoms with E-state index < -0.39 is 0 Å². The van der Waals surface area contributed by atoms with E-state index >= 15 is 0 Å². The van der Waals surface area contributed by atoms with Crippen LogP contribution in [-0.2, 0) is 26.1 Å². The maximum absolute atomic E-state index is 13.1. The first-order valence-electron chi connectivity index (χ1n) is 8.78. The summed E-state index contributed by atoms with van der Waals surface area (Å²) in [5, 5.41) is 0. The Kier molecular flexibility index (Phi) is 4.42. The van der Waals surface area contributed by atoms with E-state index in [2.05, 4.69) is 25.5 Å². The van der Waals surface area contributed by atoms with Crippen LogP contribution in [0, 0.1) is 12.7 Å². The van der Waals surface area contributed by atoms with Gasteiger partial charge in [0.05, 0.1) is 11.3 Å². The summed E-state index contributed by atoms with van der Waals surface area (Å²) < 4.78 is 15.3. The van der Waals surface area contributed by atoms with Gasteiger partial charge in [-0.1, -0.05) is 12.1 Å². The zero-order valence-corrected chi connectivity index (χ0v) is 14.7. The lowest BCUT2D eigenvalue weighted by Gasteiger charge is -2.28. The van der Waals surface area contributed by atoms with Crippen LogP contribution in [0.4, 0.5) is 4.39 Å². The van der Waals surface area contributed by atoms with E-state index in [0.717, 1.165) is 36.3 Å². The van der Waals surface area contributed by atoms with Gasteiger partial charge in [-0.05, 0) is 36.8 Å². The summed E-state index contributed by atoms with van der Waals surface area (Å²) >= 11 is 0. The minimum absolute atomic E-state index is 0.0288. The van der Waals surface area contributed by atoms with Gasteiger partial charge in [0.1, 0.15) is 11.6 Å². The van der Waals surface area contributed by atoms with Crippen LogP contribution < -0.4 is 5.56 Å². The van der Waals surface area contributed by atoms with Gasteiger partial charge in [0.25, 0.3) is 5.56 Å². The fourth-order valence-electron chi connectivity index (χ4n) is 3.50. The molecule has 0 fully saturated rings. The van der Waals surface area contributed by atoms with Crippen LogP contribution in [0.25, 0.3) is 0 Å². The fourth-order valence-corrected chi connectivity index (χ4v) is 3.50. The van der Waals surface area contributed by atoms with E-state index in [1.807, 2.05) is 31.3 Å². The molecule has 0 spiro atoms. The Bertz CT molecular complexity index is 974. The second kappa shape index (κ2) is 6.88. The average Bonchev–Trinajstić information content (AvgIpc) is 3.04. The molecule has 0 amide bonds. The molecule has 26 heavy (non-hydrogen) atoms. The van der Waals surface area contributed by atoms with Gasteiger partial charge in [0.15, 0.2) is 0 Å². The van der Waals surface area contributed by atoms with Crippen LogP contribution in [0.3, 0.4) is 0 Å². The lowest BCUT2D eigenvalue weighted by molar-refractivity contribution is 0.236. The number of halogens is 1. The minimum Gasteiger partial charge on any atom is -0.346 e. The molecule has 0 atom stereocenters. The molecule has 0 unspecified atom stereocenters. The largest absolute Gasteiger partial charge is 0.346 e. The smallest absolute Gasteiger partial charge is 0.255 e. The quantitative estimate of drug-likeness (QED) is 0.785. The molecule has 4 rings (SSSR count). The highest BCUT2D eigenvalue weighted by molar-refractivity contribution is 5.22. The summed E-state index contributed by atoms with van der Waals surface area (Å²) in [4.78, 5) is 21.7. The third-order valence-corrected chi connectivity index (χ3v) is 4.84. The van der Waals surface area contributed by atoms with Crippen LogP contribution in [0.1, 0.15) is 28.3 Å². The van der Waals surface area contributed by atoms with Crippen LogP contribution >= 0.6 is 0 Å². The molecule has 1 aromatic carbocycles. The first kappa shape index (κ1) is 16.7. The predicted molar refractivity (Wildman–Crippen MR) is 97.3 cm³/mol. The molecular formula is C20H21FN4O. The molecule has 0 aliphatic carbocycles. The number of benzene rings is 1. The average molecular weight is 352 g/mol. The zero-order chi connectivity index (χ0) is 18.1. The Morgan fingerprint density at radius 3 is 2.81 bits per heavy atom. The number of H-pyrrole nitrogens is 1. The molecular weight excluding hydrogens is 331 g/mol. The number of aromatic nitrogens is 3. The minimum atomic E-state index is -0.220. The van der Waals surface area contributed by atoms with Gasteiger partial charge in [-0.15, -0.1) is 0 Å². The Hall–Kier alpha value is -2.73. The highest BCUT2D eigenvalue weighted by Gasteiger charge is 2.21. The summed E-state index contributed by atoms with van der Waals surface area (Å²) in [6.07, 6.45) is 2.83. The van der Waals surface area contributed by atoms with Gasteiger partial charge < -0.3 is 9.55 Å². The molecule has 1 N–H and O–H groups in total. The molecule has 0 saturated carbocycles. The third-order valence-electron chi connectivity index (χ3n) is 4.84. The molecule has 3 heterocycles. The molecule has 0 radical (unpaired) electrons. The lowest BCUT2D eigenvalue weighted by Crippen LogP contribution is -2.36. The monoisotopic (exact) mass is 352 g/mol.